The van der Waals surface area contributed by atoms with Crippen LogP contribution in [0.1, 0.15) is 43.3 Å². The van der Waals surface area contributed by atoms with E-state index in [4.69, 9.17) is 11.6 Å². The van der Waals surface area contributed by atoms with Gasteiger partial charge in [-0.05, 0) is 44.5 Å². The van der Waals surface area contributed by atoms with Gasteiger partial charge in [0, 0.05) is 5.02 Å². The maximum Gasteiger partial charge on any atom is 0.103 e. The number of benzene rings is 1. The maximum atomic E-state index is 6.11. The lowest BCUT2D eigenvalue weighted by molar-refractivity contribution is 0.555. The van der Waals surface area contributed by atoms with E-state index in [2.05, 4.69) is 36.4 Å². The lowest BCUT2D eigenvalue weighted by atomic mass is 10.1. The molecule has 1 N–H and O–H groups in total. The number of halogens is 1. The molecule has 0 aliphatic rings. The van der Waals surface area contributed by atoms with Crippen LogP contribution in [0.3, 0.4) is 0 Å². The Balaban J connectivity index is 2.55. The van der Waals surface area contributed by atoms with Crippen LogP contribution in [-0.4, -0.2) is 22.0 Å². The van der Waals surface area contributed by atoms with Crippen LogP contribution in [0.4, 0.5) is 0 Å². The molecule has 0 radical (unpaired) electrons. The summed E-state index contributed by atoms with van der Waals surface area (Å²) in [6.07, 6.45) is 1.86. The molecule has 108 valence electrons. The molecule has 0 saturated carbocycles. The molecular formula is C15H21ClN4. The Morgan fingerprint density at radius 3 is 2.70 bits per heavy atom. The molecule has 0 aliphatic carbocycles. The van der Waals surface area contributed by atoms with E-state index in [-0.39, 0.29) is 6.04 Å². The summed E-state index contributed by atoms with van der Waals surface area (Å²) in [5.74, 6) is 0. The first kappa shape index (κ1) is 15.0. The van der Waals surface area contributed by atoms with Crippen LogP contribution in [0.15, 0.2) is 18.2 Å². The van der Waals surface area contributed by atoms with Crippen molar-refractivity contribution < 1.29 is 0 Å². The van der Waals surface area contributed by atoms with Gasteiger partial charge in [-0.25, -0.2) is 4.68 Å². The van der Waals surface area contributed by atoms with E-state index in [1.54, 1.807) is 0 Å². The number of nitrogens with zero attached hydrogens (tertiary/aromatic N) is 3. The molecule has 1 aromatic carbocycles. The number of aromatic nitrogens is 3. The average molecular weight is 293 g/mol. The highest BCUT2D eigenvalue weighted by Gasteiger charge is 2.19. The standard InChI is InChI=1S/C15H21ClN4/c1-5-12(17-4)15-13(6-2)20(19-18-15)14-9-11(16)8-7-10(14)3/h7-9,12,17H,5-6H2,1-4H3. The van der Waals surface area contributed by atoms with E-state index in [0.717, 1.165) is 35.5 Å². The monoisotopic (exact) mass is 292 g/mol. The van der Waals surface area contributed by atoms with Crippen molar-refractivity contribution in [3.05, 3.63) is 40.2 Å². The fourth-order valence-electron chi connectivity index (χ4n) is 2.45. The summed E-state index contributed by atoms with van der Waals surface area (Å²) in [6.45, 7) is 6.33. The predicted octanol–water partition coefficient (Wildman–Crippen LogP) is 3.46. The summed E-state index contributed by atoms with van der Waals surface area (Å²) >= 11 is 6.11. The van der Waals surface area contributed by atoms with Crippen LogP contribution in [0.25, 0.3) is 5.69 Å². The molecule has 1 unspecified atom stereocenters. The van der Waals surface area contributed by atoms with E-state index >= 15 is 0 Å². The Labute approximate surface area is 125 Å². The van der Waals surface area contributed by atoms with Gasteiger partial charge in [-0.2, -0.15) is 0 Å². The molecule has 1 atom stereocenters. The fraction of sp³-hybridized carbons (Fsp3) is 0.467. The highest BCUT2D eigenvalue weighted by atomic mass is 35.5. The van der Waals surface area contributed by atoms with Gasteiger partial charge in [-0.1, -0.05) is 36.7 Å². The Morgan fingerprint density at radius 2 is 2.10 bits per heavy atom. The highest BCUT2D eigenvalue weighted by molar-refractivity contribution is 6.30. The number of hydrogen-bond donors (Lipinski definition) is 1. The molecule has 0 spiro atoms. The zero-order valence-corrected chi connectivity index (χ0v) is 13.2. The number of hydrogen-bond acceptors (Lipinski definition) is 3. The fourth-order valence-corrected chi connectivity index (χ4v) is 2.62. The van der Waals surface area contributed by atoms with Crippen molar-refractivity contribution in [3.8, 4) is 5.69 Å². The van der Waals surface area contributed by atoms with Gasteiger partial charge in [0.05, 0.1) is 17.4 Å². The molecule has 0 fully saturated rings. The molecule has 5 heteroatoms. The zero-order valence-electron chi connectivity index (χ0n) is 12.4. The van der Waals surface area contributed by atoms with Crippen LogP contribution in [0.5, 0.6) is 0 Å². The molecular weight excluding hydrogens is 272 g/mol. The molecule has 2 rings (SSSR count). The van der Waals surface area contributed by atoms with Crippen LogP contribution >= 0.6 is 11.6 Å². The van der Waals surface area contributed by atoms with Crippen molar-refractivity contribution in [2.75, 3.05) is 7.05 Å². The number of aryl methyl sites for hydroxylation is 1. The van der Waals surface area contributed by atoms with Gasteiger partial charge in [-0.3, -0.25) is 0 Å². The Kier molecular flexibility index (Phi) is 4.78. The third-order valence-electron chi connectivity index (χ3n) is 3.61. The van der Waals surface area contributed by atoms with Gasteiger partial charge in [-0.15, -0.1) is 5.10 Å². The van der Waals surface area contributed by atoms with Gasteiger partial charge in [0.2, 0.25) is 0 Å². The quantitative estimate of drug-likeness (QED) is 0.918. The molecule has 0 amide bonds. The van der Waals surface area contributed by atoms with E-state index in [0.29, 0.717) is 5.02 Å². The van der Waals surface area contributed by atoms with Crippen molar-refractivity contribution in [3.63, 3.8) is 0 Å². The summed E-state index contributed by atoms with van der Waals surface area (Å²) in [7, 11) is 1.96. The zero-order chi connectivity index (χ0) is 14.7. The van der Waals surface area contributed by atoms with E-state index in [1.165, 1.54) is 0 Å². The first-order chi connectivity index (χ1) is 9.62. The molecule has 0 bridgehead atoms. The molecule has 2 aromatic rings. The third-order valence-corrected chi connectivity index (χ3v) is 3.85. The summed E-state index contributed by atoms with van der Waals surface area (Å²) in [5, 5.41) is 12.7. The normalized spacial score (nSPS) is 12.7. The van der Waals surface area contributed by atoms with Gasteiger partial charge in [0.25, 0.3) is 0 Å². The van der Waals surface area contributed by atoms with Crippen LogP contribution in [0, 0.1) is 6.92 Å². The van der Waals surface area contributed by atoms with Crippen molar-refractivity contribution >= 4 is 11.6 Å². The molecule has 0 aliphatic heterocycles. The second-order valence-corrected chi connectivity index (χ2v) is 5.30. The lowest BCUT2D eigenvalue weighted by Crippen LogP contribution is -2.17. The maximum absolute atomic E-state index is 6.11. The Hall–Kier alpha value is -1.39. The van der Waals surface area contributed by atoms with Gasteiger partial charge in [0.15, 0.2) is 0 Å². The second kappa shape index (κ2) is 6.37. The highest BCUT2D eigenvalue weighted by Crippen LogP contribution is 2.24. The topological polar surface area (TPSA) is 42.7 Å². The van der Waals surface area contributed by atoms with Crippen molar-refractivity contribution in [1.29, 1.82) is 0 Å². The molecule has 0 saturated heterocycles. The predicted molar refractivity (Wildman–Crippen MR) is 82.6 cm³/mol. The first-order valence-electron chi connectivity index (χ1n) is 7.00. The Morgan fingerprint density at radius 1 is 1.35 bits per heavy atom. The first-order valence-corrected chi connectivity index (χ1v) is 7.38. The molecule has 1 aromatic heterocycles. The van der Waals surface area contributed by atoms with Gasteiger partial charge < -0.3 is 5.32 Å². The van der Waals surface area contributed by atoms with E-state index < -0.39 is 0 Å². The molecule has 20 heavy (non-hydrogen) atoms. The second-order valence-electron chi connectivity index (χ2n) is 4.87. The number of rotatable bonds is 5. The average Bonchev–Trinajstić information content (AvgIpc) is 2.86. The summed E-state index contributed by atoms with van der Waals surface area (Å²) in [5.41, 5.74) is 4.30. The summed E-state index contributed by atoms with van der Waals surface area (Å²) in [4.78, 5) is 0. The number of nitrogens with one attached hydrogen (secondary N) is 1. The Bertz CT molecular complexity index is 588. The van der Waals surface area contributed by atoms with E-state index in [9.17, 15) is 0 Å². The SMILES string of the molecule is CCc1c(C(CC)NC)nnn1-c1cc(Cl)ccc1C. The lowest BCUT2D eigenvalue weighted by Gasteiger charge is -2.14. The molecule has 4 nitrogen and oxygen atoms in total. The van der Waals surface area contributed by atoms with Gasteiger partial charge in [0.1, 0.15) is 5.69 Å². The van der Waals surface area contributed by atoms with Gasteiger partial charge >= 0.3 is 0 Å². The van der Waals surface area contributed by atoms with Crippen LogP contribution < -0.4 is 5.32 Å². The summed E-state index contributed by atoms with van der Waals surface area (Å²) in [6, 6.07) is 6.08. The minimum Gasteiger partial charge on any atom is -0.312 e. The van der Waals surface area contributed by atoms with Crippen molar-refractivity contribution in [1.82, 2.24) is 20.3 Å². The summed E-state index contributed by atoms with van der Waals surface area (Å²) < 4.78 is 1.91. The van der Waals surface area contributed by atoms with Crippen molar-refractivity contribution in [2.24, 2.45) is 0 Å². The third kappa shape index (κ3) is 2.72. The van der Waals surface area contributed by atoms with Crippen LogP contribution in [0.2, 0.25) is 5.02 Å². The van der Waals surface area contributed by atoms with Crippen LogP contribution in [-0.2, 0) is 6.42 Å². The smallest absolute Gasteiger partial charge is 0.103 e. The molecule has 1 heterocycles. The minimum atomic E-state index is 0.234. The largest absolute Gasteiger partial charge is 0.312 e. The van der Waals surface area contributed by atoms with Crippen molar-refractivity contribution in [2.45, 2.75) is 39.7 Å². The van der Waals surface area contributed by atoms with E-state index in [1.807, 2.05) is 29.9 Å². The minimum absolute atomic E-state index is 0.234.